The minimum Gasteiger partial charge on any atom is -0.352 e. The van der Waals surface area contributed by atoms with Gasteiger partial charge in [0.15, 0.2) is 5.96 Å². The van der Waals surface area contributed by atoms with Crippen molar-refractivity contribution >= 4 is 35.8 Å². The predicted octanol–water partition coefficient (Wildman–Crippen LogP) is 3.33. The van der Waals surface area contributed by atoms with E-state index in [4.69, 9.17) is 0 Å². The van der Waals surface area contributed by atoms with Crippen LogP contribution in [0.2, 0.25) is 0 Å². The summed E-state index contributed by atoms with van der Waals surface area (Å²) in [5.41, 5.74) is 3.53. The van der Waals surface area contributed by atoms with E-state index in [0.717, 1.165) is 5.56 Å². The van der Waals surface area contributed by atoms with Gasteiger partial charge in [-0.15, -0.1) is 24.0 Å². The lowest BCUT2D eigenvalue weighted by atomic mass is 10.1. The zero-order valence-corrected chi connectivity index (χ0v) is 18.6. The smallest absolute Gasteiger partial charge is 0.242 e. The van der Waals surface area contributed by atoms with Gasteiger partial charge < -0.3 is 15.5 Å². The van der Waals surface area contributed by atoms with Crippen LogP contribution in [0.3, 0.4) is 0 Å². The van der Waals surface area contributed by atoms with E-state index in [-0.39, 0.29) is 36.4 Å². The second-order valence-electron chi connectivity index (χ2n) is 6.16. The molecule has 0 aliphatic heterocycles. The van der Waals surface area contributed by atoms with E-state index >= 15 is 0 Å². The predicted molar refractivity (Wildman–Crippen MR) is 122 cm³/mol. The van der Waals surface area contributed by atoms with Gasteiger partial charge in [-0.2, -0.15) is 0 Å². The Morgan fingerprint density at radius 3 is 2.37 bits per heavy atom. The highest BCUT2D eigenvalue weighted by atomic mass is 127. The zero-order chi connectivity index (χ0) is 18.8. The lowest BCUT2D eigenvalue weighted by molar-refractivity contribution is -0.130. The number of hydrogen-bond acceptors (Lipinski definition) is 2. The number of rotatable bonds is 7. The second-order valence-corrected chi connectivity index (χ2v) is 6.16. The highest BCUT2D eigenvalue weighted by Gasteiger charge is 2.12. The molecule has 1 amide bonds. The summed E-state index contributed by atoms with van der Waals surface area (Å²) in [5.74, 6) is 0.672. The summed E-state index contributed by atoms with van der Waals surface area (Å²) >= 11 is 0. The molecular weight excluding hydrogens is 451 g/mol. The molecule has 0 aliphatic carbocycles. The van der Waals surface area contributed by atoms with Gasteiger partial charge in [0.25, 0.3) is 0 Å². The summed E-state index contributed by atoms with van der Waals surface area (Å²) < 4.78 is 0. The molecule has 2 aromatic carbocycles. The first kappa shape index (κ1) is 23.0. The van der Waals surface area contributed by atoms with Crippen LogP contribution in [0.4, 0.5) is 0 Å². The molecule has 0 unspecified atom stereocenters. The molecule has 0 spiro atoms. The maximum atomic E-state index is 12.5. The van der Waals surface area contributed by atoms with Crippen LogP contribution in [0.25, 0.3) is 0 Å². The standard InChI is InChI=1S/C21H28N4O.HI/c1-4-25(16-18-10-6-5-7-11-18)20(26)15-24-21(22-3)23-14-19-12-8-9-17(2)13-19;/h5-13H,4,14-16H2,1-3H3,(H2,22,23,24);1H. The summed E-state index contributed by atoms with van der Waals surface area (Å²) in [4.78, 5) is 18.5. The molecule has 2 rings (SSSR count). The fourth-order valence-electron chi connectivity index (χ4n) is 2.68. The SMILES string of the molecule is CCN(Cc1ccccc1)C(=O)CNC(=NC)NCc1cccc(C)c1.I. The summed E-state index contributed by atoms with van der Waals surface area (Å²) in [6.07, 6.45) is 0. The number of halogens is 1. The number of carbonyl (C=O) groups is 1. The van der Waals surface area contributed by atoms with Crippen LogP contribution in [-0.4, -0.2) is 36.9 Å². The molecular formula is C21H29IN4O. The minimum absolute atomic E-state index is 0. The first-order chi connectivity index (χ1) is 12.6. The Morgan fingerprint density at radius 2 is 1.74 bits per heavy atom. The molecule has 6 heteroatoms. The van der Waals surface area contributed by atoms with Crippen LogP contribution < -0.4 is 10.6 Å². The molecule has 0 saturated carbocycles. The first-order valence-electron chi connectivity index (χ1n) is 8.94. The highest BCUT2D eigenvalue weighted by Crippen LogP contribution is 2.05. The Morgan fingerprint density at radius 1 is 1.04 bits per heavy atom. The van der Waals surface area contributed by atoms with Gasteiger partial charge in [-0.1, -0.05) is 60.2 Å². The van der Waals surface area contributed by atoms with Gasteiger partial charge in [-0.25, -0.2) is 0 Å². The molecule has 0 fully saturated rings. The zero-order valence-electron chi connectivity index (χ0n) is 16.2. The molecule has 27 heavy (non-hydrogen) atoms. The molecule has 0 atom stereocenters. The maximum Gasteiger partial charge on any atom is 0.242 e. The van der Waals surface area contributed by atoms with Crippen LogP contribution in [-0.2, 0) is 17.9 Å². The molecule has 0 bridgehead atoms. The number of carbonyl (C=O) groups excluding carboxylic acids is 1. The summed E-state index contributed by atoms with van der Waals surface area (Å²) in [7, 11) is 1.71. The first-order valence-corrected chi connectivity index (χ1v) is 8.94. The Labute approximate surface area is 179 Å². The number of hydrogen-bond donors (Lipinski definition) is 2. The van der Waals surface area contributed by atoms with Crippen molar-refractivity contribution in [2.45, 2.75) is 26.9 Å². The van der Waals surface area contributed by atoms with Crippen molar-refractivity contribution in [1.29, 1.82) is 0 Å². The molecule has 146 valence electrons. The van der Waals surface area contributed by atoms with Crippen molar-refractivity contribution in [1.82, 2.24) is 15.5 Å². The van der Waals surface area contributed by atoms with E-state index in [0.29, 0.717) is 25.6 Å². The lowest BCUT2D eigenvalue weighted by Gasteiger charge is -2.22. The van der Waals surface area contributed by atoms with Crippen LogP contribution in [0.1, 0.15) is 23.6 Å². The molecule has 0 radical (unpaired) electrons. The normalized spacial score (nSPS) is 10.7. The number of nitrogens with one attached hydrogen (secondary N) is 2. The summed E-state index contributed by atoms with van der Waals surface area (Å²) in [6, 6.07) is 18.3. The van der Waals surface area contributed by atoms with Crippen LogP contribution in [0, 0.1) is 6.92 Å². The molecule has 2 aromatic rings. The maximum absolute atomic E-state index is 12.5. The largest absolute Gasteiger partial charge is 0.352 e. The average molecular weight is 480 g/mol. The van der Waals surface area contributed by atoms with Crippen molar-refractivity contribution in [3.63, 3.8) is 0 Å². The Kier molecular flexibility index (Phi) is 10.5. The van der Waals surface area contributed by atoms with Gasteiger partial charge in [-0.3, -0.25) is 9.79 Å². The lowest BCUT2D eigenvalue weighted by Crippen LogP contribution is -2.44. The van der Waals surface area contributed by atoms with E-state index in [1.165, 1.54) is 11.1 Å². The summed E-state index contributed by atoms with van der Waals surface area (Å²) in [6.45, 7) is 6.23. The van der Waals surface area contributed by atoms with E-state index < -0.39 is 0 Å². The quantitative estimate of drug-likeness (QED) is 0.363. The van der Waals surface area contributed by atoms with Gasteiger partial charge in [0.1, 0.15) is 0 Å². The van der Waals surface area contributed by atoms with Crippen molar-refractivity contribution in [2.75, 3.05) is 20.1 Å². The molecule has 0 aromatic heterocycles. The molecule has 0 heterocycles. The number of aryl methyl sites for hydroxylation is 1. The van der Waals surface area contributed by atoms with E-state index in [1.807, 2.05) is 48.2 Å². The monoisotopic (exact) mass is 480 g/mol. The number of benzene rings is 2. The third-order valence-electron chi connectivity index (χ3n) is 4.12. The van der Waals surface area contributed by atoms with Crippen molar-refractivity contribution in [3.8, 4) is 0 Å². The number of nitrogens with zero attached hydrogens (tertiary/aromatic N) is 2. The molecule has 0 aliphatic rings. The summed E-state index contributed by atoms with van der Waals surface area (Å²) in [5, 5.41) is 6.35. The van der Waals surface area contributed by atoms with Crippen molar-refractivity contribution < 1.29 is 4.79 Å². The van der Waals surface area contributed by atoms with Crippen molar-refractivity contribution in [2.24, 2.45) is 4.99 Å². The average Bonchev–Trinajstić information content (AvgIpc) is 2.67. The fraction of sp³-hybridized carbons (Fsp3) is 0.333. The van der Waals surface area contributed by atoms with Gasteiger partial charge in [0.2, 0.25) is 5.91 Å². The number of aliphatic imine (C=N–C) groups is 1. The van der Waals surface area contributed by atoms with E-state index in [2.05, 4.69) is 40.7 Å². The van der Waals surface area contributed by atoms with Crippen LogP contribution in [0.5, 0.6) is 0 Å². The van der Waals surface area contributed by atoms with Crippen LogP contribution >= 0.6 is 24.0 Å². The topological polar surface area (TPSA) is 56.7 Å². The van der Waals surface area contributed by atoms with Gasteiger partial charge in [-0.05, 0) is 25.0 Å². The third-order valence-corrected chi connectivity index (χ3v) is 4.12. The Hall–Kier alpha value is -2.09. The van der Waals surface area contributed by atoms with Gasteiger partial charge in [0.05, 0.1) is 6.54 Å². The number of likely N-dealkylation sites (N-methyl/N-ethyl adjacent to an activating group) is 1. The number of amides is 1. The minimum atomic E-state index is 0. The highest BCUT2D eigenvalue weighted by molar-refractivity contribution is 14.0. The second kappa shape index (κ2) is 12.3. The molecule has 0 saturated heterocycles. The molecule has 5 nitrogen and oxygen atoms in total. The van der Waals surface area contributed by atoms with Crippen molar-refractivity contribution in [3.05, 3.63) is 71.3 Å². The van der Waals surface area contributed by atoms with Gasteiger partial charge >= 0.3 is 0 Å². The number of guanidine groups is 1. The molecule has 2 N–H and O–H groups in total. The third kappa shape index (κ3) is 7.99. The van der Waals surface area contributed by atoms with E-state index in [1.54, 1.807) is 7.05 Å². The Balaban J connectivity index is 0.00000364. The van der Waals surface area contributed by atoms with Gasteiger partial charge in [0, 0.05) is 26.7 Å². The van der Waals surface area contributed by atoms with Crippen LogP contribution in [0.15, 0.2) is 59.6 Å². The Bertz CT molecular complexity index is 734. The fourth-order valence-corrected chi connectivity index (χ4v) is 2.68. The van der Waals surface area contributed by atoms with E-state index in [9.17, 15) is 4.79 Å².